The van der Waals surface area contributed by atoms with Gasteiger partial charge in [-0.1, -0.05) is 44.2 Å². The van der Waals surface area contributed by atoms with Crippen LogP contribution in [0.3, 0.4) is 0 Å². The second-order valence-electron chi connectivity index (χ2n) is 7.89. The van der Waals surface area contributed by atoms with Crippen LogP contribution < -0.4 is 5.32 Å². The van der Waals surface area contributed by atoms with Crippen molar-refractivity contribution in [2.75, 3.05) is 13.1 Å². The number of hydrogen-bond donors (Lipinski definition) is 2. The van der Waals surface area contributed by atoms with Crippen molar-refractivity contribution in [3.8, 4) is 0 Å². The number of benzene rings is 1. The molecule has 0 spiro atoms. The number of hydrogen-bond acceptors (Lipinski definition) is 2. The van der Waals surface area contributed by atoms with Crippen molar-refractivity contribution >= 4 is 6.03 Å². The minimum Gasteiger partial charge on any atom is -0.393 e. The number of likely N-dealkylation sites (tertiary alicyclic amines) is 1. The summed E-state index contributed by atoms with van der Waals surface area (Å²) in [5, 5.41) is 12.6. The van der Waals surface area contributed by atoms with Gasteiger partial charge in [0.25, 0.3) is 0 Å². The molecule has 24 heavy (non-hydrogen) atoms. The number of amides is 2. The highest BCUT2D eigenvalue weighted by Crippen LogP contribution is 2.24. The van der Waals surface area contributed by atoms with Gasteiger partial charge in [-0.25, -0.2) is 4.79 Å². The van der Waals surface area contributed by atoms with E-state index in [1.54, 1.807) is 6.92 Å². The van der Waals surface area contributed by atoms with E-state index in [9.17, 15) is 9.90 Å². The zero-order chi connectivity index (χ0) is 17.6. The van der Waals surface area contributed by atoms with Gasteiger partial charge in [-0.3, -0.25) is 0 Å². The zero-order valence-electron chi connectivity index (χ0n) is 15.3. The van der Waals surface area contributed by atoms with Gasteiger partial charge in [-0.2, -0.15) is 0 Å². The predicted octanol–water partition coefficient (Wildman–Crippen LogP) is 3.59. The third-order valence-corrected chi connectivity index (χ3v) is 4.81. The molecule has 4 heteroatoms. The molecule has 1 fully saturated rings. The SMILES string of the molecule is CC(O)CC(C)(C)CNC(=O)N1CCCC1CCc1ccccc1. The topological polar surface area (TPSA) is 52.6 Å². The third kappa shape index (κ3) is 5.82. The molecular formula is C20H32N2O2. The highest BCUT2D eigenvalue weighted by molar-refractivity contribution is 5.74. The standard InChI is InChI=1S/C20H32N2O2/c1-16(23)14-20(2,3)15-21-19(24)22-13-7-10-18(22)12-11-17-8-5-4-6-9-17/h4-6,8-9,16,18,23H,7,10-15H2,1-3H3,(H,21,24). The van der Waals surface area contributed by atoms with E-state index in [1.807, 2.05) is 11.0 Å². The molecule has 1 aliphatic heterocycles. The molecule has 134 valence electrons. The summed E-state index contributed by atoms with van der Waals surface area (Å²) in [4.78, 5) is 14.6. The first kappa shape index (κ1) is 18.8. The lowest BCUT2D eigenvalue weighted by Gasteiger charge is -2.30. The van der Waals surface area contributed by atoms with Crippen molar-refractivity contribution < 1.29 is 9.90 Å². The second-order valence-corrected chi connectivity index (χ2v) is 7.89. The summed E-state index contributed by atoms with van der Waals surface area (Å²) >= 11 is 0. The summed E-state index contributed by atoms with van der Waals surface area (Å²) in [6, 6.07) is 10.9. The number of rotatable bonds is 7. The van der Waals surface area contributed by atoms with Crippen molar-refractivity contribution in [2.24, 2.45) is 5.41 Å². The Morgan fingerprint density at radius 2 is 2.08 bits per heavy atom. The van der Waals surface area contributed by atoms with E-state index in [2.05, 4.69) is 43.4 Å². The Bertz CT molecular complexity index is 514. The van der Waals surface area contributed by atoms with Crippen LogP contribution in [0.2, 0.25) is 0 Å². The molecule has 1 aliphatic rings. The molecule has 2 amide bonds. The van der Waals surface area contributed by atoms with Gasteiger partial charge in [-0.05, 0) is 50.0 Å². The summed E-state index contributed by atoms with van der Waals surface area (Å²) in [7, 11) is 0. The first-order chi connectivity index (χ1) is 11.4. The van der Waals surface area contributed by atoms with E-state index in [1.165, 1.54) is 5.56 Å². The average Bonchev–Trinajstić information content (AvgIpc) is 2.99. The smallest absolute Gasteiger partial charge is 0.317 e. The van der Waals surface area contributed by atoms with E-state index >= 15 is 0 Å². The van der Waals surface area contributed by atoms with Gasteiger partial charge < -0.3 is 15.3 Å². The highest BCUT2D eigenvalue weighted by Gasteiger charge is 2.29. The van der Waals surface area contributed by atoms with Crippen molar-refractivity contribution in [3.05, 3.63) is 35.9 Å². The normalized spacial score (nSPS) is 19.3. The van der Waals surface area contributed by atoms with Crippen LogP contribution in [-0.4, -0.2) is 41.3 Å². The Hall–Kier alpha value is -1.55. The van der Waals surface area contributed by atoms with E-state index < -0.39 is 0 Å². The van der Waals surface area contributed by atoms with Gasteiger partial charge in [0, 0.05) is 19.1 Å². The zero-order valence-corrected chi connectivity index (χ0v) is 15.3. The summed E-state index contributed by atoms with van der Waals surface area (Å²) in [6.07, 6.45) is 4.56. The van der Waals surface area contributed by atoms with Gasteiger partial charge in [0.1, 0.15) is 0 Å². The molecule has 1 aromatic rings. The van der Waals surface area contributed by atoms with E-state index in [4.69, 9.17) is 0 Å². The van der Waals surface area contributed by atoms with Crippen molar-refractivity contribution in [3.63, 3.8) is 0 Å². The number of carbonyl (C=O) groups is 1. The molecule has 0 aliphatic carbocycles. The molecule has 2 rings (SSSR count). The Kier molecular flexibility index (Phi) is 6.67. The van der Waals surface area contributed by atoms with Crippen LogP contribution in [0.4, 0.5) is 4.79 Å². The largest absolute Gasteiger partial charge is 0.393 e. The number of aliphatic hydroxyl groups is 1. The monoisotopic (exact) mass is 332 g/mol. The van der Waals surface area contributed by atoms with Crippen molar-refractivity contribution in [1.82, 2.24) is 10.2 Å². The van der Waals surface area contributed by atoms with Crippen LogP contribution in [0, 0.1) is 5.41 Å². The number of nitrogens with zero attached hydrogens (tertiary/aromatic N) is 1. The maximum absolute atomic E-state index is 12.6. The van der Waals surface area contributed by atoms with Crippen LogP contribution >= 0.6 is 0 Å². The molecule has 0 bridgehead atoms. The summed E-state index contributed by atoms with van der Waals surface area (Å²) < 4.78 is 0. The highest BCUT2D eigenvalue weighted by atomic mass is 16.3. The lowest BCUT2D eigenvalue weighted by molar-refractivity contribution is 0.126. The molecule has 0 aromatic heterocycles. The summed E-state index contributed by atoms with van der Waals surface area (Å²) in [5.74, 6) is 0. The number of nitrogens with one attached hydrogen (secondary N) is 1. The molecule has 2 atom stereocenters. The fourth-order valence-corrected chi connectivity index (χ4v) is 3.67. The molecule has 0 radical (unpaired) electrons. The van der Waals surface area contributed by atoms with Gasteiger partial charge in [0.2, 0.25) is 0 Å². The molecule has 2 N–H and O–H groups in total. The van der Waals surface area contributed by atoms with Crippen LogP contribution in [0.5, 0.6) is 0 Å². The molecule has 4 nitrogen and oxygen atoms in total. The Labute approximate surface area is 146 Å². The van der Waals surface area contributed by atoms with Crippen LogP contribution in [0.25, 0.3) is 0 Å². The summed E-state index contributed by atoms with van der Waals surface area (Å²) in [6.45, 7) is 7.40. The minimum absolute atomic E-state index is 0.0456. The van der Waals surface area contributed by atoms with Crippen molar-refractivity contribution in [2.45, 2.75) is 65.0 Å². The maximum atomic E-state index is 12.6. The lowest BCUT2D eigenvalue weighted by atomic mass is 9.87. The first-order valence-corrected chi connectivity index (χ1v) is 9.14. The minimum atomic E-state index is -0.345. The lowest BCUT2D eigenvalue weighted by Crippen LogP contribution is -2.46. The fraction of sp³-hybridized carbons (Fsp3) is 0.650. The molecule has 1 saturated heterocycles. The number of urea groups is 1. The molecule has 1 aromatic carbocycles. The van der Waals surface area contributed by atoms with E-state index in [-0.39, 0.29) is 17.6 Å². The van der Waals surface area contributed by atoms with Crippen LogP contribution in [-0.2, 0) is 6.42 Å². The second kappa shape index (κ2) is 8.52. The van der Waals surface area contributed by atoms with E-state index in [0.29, 0.717) is 19.0 Å². The number of aliphatic hydroxyl groups excluding tert-OH is 1. The quantitative estimate of drug-likeness (QED) is 0.802. The van der Waals surface area contributed by atoms with Gasteiger partial charge in [0.15, 0.2) is 0 Å². The summed E-state index contributed by atoms with van der Waals surface area (Å²) in [5.41, 5.74) is 1.24. The molecule has 0 saturated carbocycles. The van der Waals surface area contributed by atoms with Crippen LogP contribution in [0.15, 0.2) is 30.3 Å². The molecule has 1 heterocycles. The van der Waals surface area contributed by atoms with Gasteiger partial charge >= 0.3 is 6.03 Å². The maximum Gasteiger partial charge on any atom is 0.317 e. The van der Waals surface area contributed by atoms with Crippen molar-refractivity contribution in [1.29, 1.82) is 0 Å². The Balaban J connectivity index is 1.82. The first-order valence-electron chi connectivity index (χ1n) is 9.14. The van der Waals surface area contributed by atoms with E-state index in [0.717, 1.165) is 32.2 Å². The molecular weight excluding hydrogens is 300 g/mol. The number of carbonyl (C=O) groups excluding carboxylic acids is 1. The van der Waals surface area contributed by atoms with Crippen LogP contribution in [0.1, 0.15) is 52.0 Å². The Morgan fingerprint density at radius 1 is 1.38 bits per heavy atom. The predicted molar refractivity (Wildman–Crippen MR) is 98.0 cm³/mol. The fourth-order valence-electron chi connectivity index (χ4n) is 3.67. The van der Waals surface area contributed by atoms with Gasteiger partial charge in [-0.15, -0.1) is 0 Å². The Morgan fingerprint density at radius 3 is 2.75 bits per heavy atom. The third-order valence-electron chi connectivity index (χ3n) is 4.81. The number of aryl methyl sites for hydroxylation is 1. The molecule has 2 unspecified atom stereocenters. The average molecular weight is 332 g/mol. The van der Waals surface area contributed by atoms with Gasteiger partial charge in [0.05, 0.1) is 6.10 Å².